The van der Waals surface area contributed by atoms with E-state index in [0.717, 1.165) is 24.3 Å². The molecule has 3 aromatic rings. The Morgan fingerprint density at radius 2 is 1.29 bits per heavy atom. The molecule has 34 heavy (non-hydrogen) atoms. The molecule has 1 N–H and O–H groups in total. The Morgan fingerprint density at radius 1 is 0.824 bits per heavy atom. The van der Waals surface area contributed by atoms with E-state index in [1.54, 1.807) is 25.1 Å². The van der Waals surface area contributed by atoms with Crippen LogP contribution >= 0.6 is 0 Å². The van der Waals surface area contributed by atoms with E-state index in [4.69, 9.17) is 0 Å². The highest BCUT2D eigenvalue weighted by molar-refractivity contribution is 5.90. The maximum atomic E-state index is 13.1. The summed E-state index contributed by atoms with van der Waals surface area (Å²) in [6, 6.07) is 13.3. The second kappa shape index (κ2) is 9.37. The van der Waals surface area contributed by atoms with Crippen molar-refractivity contribution in [1.82, 2.24) is 0 Å². The van der Waals surface area contributed by atoms with Gasteiger partial charge in [-0.25, -0.2) is 0 Å². The third-order valence-electron chi connectivity index (χ3n) is 5.35. The first-order valence-electron chi connectivity index (χ1n) is 10.1. The molecule has 0 heterocycles. The lowest BCUT2D eigenvalue weighted by Gasteiger charge is -2.21. The van der Waals surface area contributed by atoms with Crippen LogP contribution in [0.5, 0.6) is 0 Å². The smallest absolute Gasteiger partial charge is 0.416 e. The largest absolute Gasteiger partial charge is 0.481 e. The Morgan fingerprint density at radius 3 is 1.71 bits per heavy atom. The van der Waals surface area contributed by atoms with Gasteiger partial charge >= 0.3 is 18.3 Å². The topological polar surface area (TPSA) is 37.3 Å². The Bertz CT molecular complexity index is 1190. The molecular weight excluding hydrogens is 458 g/mol. The van der Waals surface area contributed by atoms with Crippen molar-refractivity contribution in [3.8, 4) is 22.3 Å². The molecule has 0 fully saturated rings. The van der Waals surface area contributed by atoms with Gasteiger partial charge in [0.05, 0.1) is 17.0 Å². The van der Waals surface area contributed by atoms with Gasteiger partial charge in [0.1, 0.15) is 0 Å². The van der Waals surface area contributed by atoms with Crippen LogP contribution in [0.15, 0.2) is 78.9 Å². The number of carboxylic acids is 1. The number of hydrogen-bond donors (Lipinski definition) is 1. The van der Waals surface area contributed by atoms with Crippen LogP contribution in [0.1, 0.15) is 36.0 Å². The zero-order valence-corrected chi connectivity index (χ0v) is 18.0. The van der Waals surface area contributed by atoms with Crippen LogP contribution in [0.3, 0.4) is 0 Å². The van der Waals surface area contributed by atoms with Crippen molar-refractivity contribution in [3.63, 3.8) is 0 Å². The van der Waals surface area contributed by atoms with Crippen molar-refractivity contribution in [2.75, 3.05) is 0 Å². The first-order chi connectivity index (χ1) is 15.8. The van der Waals surface area contributed by atoms with E-state index < -0.39 is 35.4 Å². The second-order valence-electron chi connectivity index (χ2n) is 7.97. The van der Waals surface area contributed by atoms with Crippen LogP contribution in [0.25, 0.3) is 22.3 Å². The van der Waals surface area contributed by atoms with Gasteiger partial charge in [-0.1, -0.05) is 48.0 Å². The van der Waals surface area contributed by atoms with Crippen LogP contribution < -0.4 is 0 Å². The predicted molar refractivity (Wildman–Crippen MR) is 117 cm³/mol. The summed E-state index contributed by atoms with van der Waals surface area (Å²) in [5, 5.41) is 9.87. The maximum absolute atomic E-state index is 13.1. The van der Waals surface area contributed by atoms with Crippen LogP contribution in [-0.2, 0) is 17.1 Å². The highest BCUT2D eigenvalue weighted by atomic mass is 19.4. The van der Waals surface area contributed by atoms with E-state index in [0.29, 0.717) is 33.4 Å². The maximum Gasteiger partial charge on any atom is 0.416 e. The molecular formula is C26H20F6O2. The first-order valence-corrected chi connectivity index (χ1v) is 10.1. The van der Waals surface area contributed by atoms with Crippen LogP contribution in [0.4, 0.5) is 26.3 Å². The van der Waals surface area contributed by atoms with Crippen molar-refractivity contribution < 1.29 is 36.2 Å². The number of aliphatic carboxylic acids is 1. The normalized spacial score (nSPS) is 12.9. The van der Waals surface area contributed by atoms with Crippen molar-refractivity contribution in [3.05, 3.63) is 95.6 Å². The van der Waals surface area contributed by atoms with Gasteiger partial charge in [-0.15, -0.1) is 6.58 Å². The Labute approximate surface area is 192 Å². The molecule has 2 nitrogen and oxygen atoms in total. The lowest BCUT2D eigenvalue weighted by Crippen LogP contribution is -2.13. The lowest BCUT2D eigenvalue weighted by atomic mass is 9.82. The van der Waals surface area contributed by atoms with Crippen molar-refractivity contribution in [2.24, 2.45) is 0 Å². The molecule has 1 atom stereocenters. The number of hydrogen-bond acceptors (Lipinski definition) is 1. The molecule has 3 rings (SSSR count). The number of rotatable bonds is 6. The molecule has 0 aliphatic carbocycles. The van der Waals surface area contributed by atoms with Crippen molar-refractivity contribution in [1.29, 1.82) is 0 Å². The summed E-state index contributed by atoms with van der Waals surface area (Å²) in [4.78, 5) is 12.1. The van der Waals surface area contributed by atoms with Crippen molar-refractivity contribution in [2.45, 2.75) is 31.6 Å². The molecule has 0 aliphatic heterocycles. The minimum absolute atomic E-state index is 0.0828. The number of carbonyl (C=O) groups is 1. The molecule has 0 bridgehead atoms. The third-order valence-corrected chi connectivity index (χ3v) is 5.35. The summed E-state index contributed by atoms with van der Waals surface area (Å²) >= 11 is 0. The molecule has 0 amide bonds. The summed E-state index contributed by atoms with van der Waals surface area (Å²) in [5.74, 6) is -2.20. The standard InChI is InChI=1S/C26H20F6O2/c1-15(2)14-22(24(33)34)21-5-3-4-20(16-6-10-18(11-7-16)25(27,28)29)23(21)17-8-12-19(13-9-17)26(30,31)32/h3-13,22H,1,14H2,2H3,(H,33,34). The average molecular weight is 478 g/mol. The fraction of sp³-hybridized carbons (Fsp3) is 0.192. The van der Waals surface area contributed by atoms with E-state index in [1.807, 2.05) is 0 Å². The fourth-order valence-electron chi connectivity index (χ4n) is 3.77. The van der Waals surface area contributed by atoms with Crippen LogP contribution in [-0.4, -0.2) is 11.1 Å². The van der Waals surface area contributed by atoms with E-state index in [1.165, 1.54) is 24.3 Å². The minimum Gasteiger partial charge on any atom is -0.481 e. The number of carboxylic acid groups (broad SMARTS) is 1. The van der Waals surface area contributed by atoms with Gasteiger partial charge in [-0.3, -0.25) is 4.79 Å². The monoisotopic (exact) mass is 478 g/mol. The first kappa shape index (κ1) is 25.1. The molecule has 3 aromatic carbocycles. The van der Waals surface area contributed by atoms with Gasteiger partial charge in [-0.2, -0.15) is 26.3 Å². The summed E-state index contributed by atoms with van der Waals surface area (Å²) in [5.41, 5.74) is 0.605. The summed E-state index contributed by atoms with van der Waals surface area (Å²) in [6.07, 6.45) is -9.01. The van der Waals surface area contributed by atoms with Crippen LogP contribution in [0, 0.1) is 0 Å². The van der Waals surface area contributed by atoms with Crippen molar-refractivity contribution >= 4 is 5.97 Å². The summed E-state index contributed by atoms with van der Waals surface area (Å²) in [6.45, 7) is 5.42. The SMILES string of the molecule is C=C(C)CC(C(=O)O)c1cccc(-c2ccc(C(F)(F)F)cc2)c1-c1ccc(C(F)(F)F)cc1. The molecule has 0 radical (unpaired) electrons. The molecule has 1 unspecified atom stereocenters. The fourth-order valence-corrected chi connectivity index (χ4v) is 3.77. The molecule has 8 heteroatoms. The van der Waals surface area contributed by atoms with Gasteiger partial charge in [0.15, 0.2) is 0 Å². The molecule has 0 saturated heterocycles. The van der Waals surface area contributed by atoms with E-state index in [9.17, 15) is 36.2 Å². The third kappa shape index (κ3) is 5.50. The van der Waals surface area contributed by atoms with Gasteiger partial charge in [0.2, 0.25) is 0 Å². The number of benzene rings is 3. The molecule has 0 saturated carbocycles. The highest BCUT2D eigenvalue weighted by Gasteiger charge is 2.32. The molecule has 0 aliphatic rings. The Kier molecular flexibility index (Phi) is 6.91. The lowest BCUT2D eigenvalue weighted by molar-refractivity contribution is -0.139. The van der Waals surface area contributed by atoms with E-state index in [2.05, 4.69) is 6.58 Å². The van der Waals surface area contributed by atoms with Gasteiger partial charge in [0, 0.05) is 0 Å². The van der Waals surface area contributed by atoms with Gasteiger partial charge < -0.3 is 5.11 Å². The Balaban J connectivity index is 2.26. The van der Waals surface area contributed by atoms with Crippen LogP contribution in [0.2, 0.25) is 0 Å². The molecule has 0 spiro atoms. The van der Waals surface area contributed by atoms with Gasteiger partial charge in [0.25, 0.3) is 0 Å². The predicted octanol–water partition coefficient (Wildman–Crippen LogP) is 8.19. The van der Waals surface area contributed by atoms with E-state index in [-0.39, 0.29) is 6.42 Å². The number of alkyl halides is 6. The molecule has 178 valence electrons. The Hall–Kier alpha value is -3.55. The zero-order valence-electron chi connectivity index (χ0n) is 18.0. The van der Waals surface area contributed by atoms with E-state index >= 15 is 0 Å². The quantitative estimate of drug-likeness (QED) is 0.286. The summed E-state index contributed by atoms with van der Waals surface area (Å²) < 4.78 is 78.3. The minimum atomic E-state index is -4.56. The number of allylic oxidation sites excluding steroid dienone is 1. The molecule has 0 aromatic heterocycles. The zero-order chi connectivity index (χ0) is 25.3. The summed E-state index contributed by atoms with van der Waals surface area (Å²) in [7, 11) is 0. The van der Waals surface area contributed by atoms with Gasteiger partial charge in [-0.05, 0) is 65.4 Å². The average Bonchev–Trinajstić information content (AvgIpc) is 2.75. The number of halogens is 6. The second-order valence-corrected chi connectivity index (χ2v) is 7.97. The highest BCUT2D eigenvalue weighted by Crippen LogP contribution is 2.41.